The van der Waals surface area contributed by atoms with Crippen LogP contribution in [0.15, 0.2) is 53.7 Å². The number of thioether (sulfide) groups is 1. The van der Waals surface area contributed by atoms with E-state index < -0.39 is 5.51 Å². The molecule has 1 aromatic heterocycles. The number of nitrogens with one attached hydrogen (secondary N) is 1. The maximum Gasteiger partial charge on any atom is 0.446 e. The average Bonchev–Trinajstić information content (AvgIpc) is 2.57. The van der Waals surface area contributed by atoms with Crippen molar-refractivity contribution in [3.8, 4) is 0 Å². The molecule has 0 radical (unpaired) electrons. The van der Waals surface area contributed by atoms with Crippen LogP contribution in [0.1, 0.15) is 17.2 Å². The van der Waals surface area contributed by atoms with Gasteiger partial charge in [-0.2, -0.15) is 13.2 Å². The standard InChI is InChI=1S/C17H18F3N3S.ClH/c18-17(19,20)24-15-3-1-13(2-4-15)12-23-10-9-22-11-16(23)14-5-7-21-8-6-14;/h1-8,16,22H,9-12H2;1H. The maximum atomic E-state index is 12.4. The summed E-state index contributed by atoms with van der Waals surface area (Å²) in [6.07, 6.45) is 3.57. The predicted octanol–water partition coefficient (Wildman–Crippen LogP) is 4.26. The summed E-state index contributed by atoms with van der Waals surface area (Å²) >= 11 is -0.0776. The molecule has 0 bridgehead atoms. The molecule has 0 aliphatic carbocycles. The van der Waals surface area contributed by atoms with Gasteiger partial charge in [0.1, 0.15) is 0 Å². The molecule has 1 aliphatic heterocycles. The Morgan fingerprint density at radius 2 is 1.80 bits per heavy atom. The molecule has 3 rings (SSSR count). The zero-order chi connectivity index (χ0) is 17.0. The minimum atomic E-state index is -4.24. The monoisotopic (exact) mass is 389 g/mol. The number of benzene rings is 1. The van der Waals surface area contributed by atoms with E-state index in [1.54, 1.807) is 24.5 Å². The van der Waals surface area contributed by atoms with Crippen molar-refractivity contribution >= 4 is 24.2 Å². The first kappa shape index (κ1) is 20.0. The molecule has 2 aromatic rings. The molecular formula is C17H19ClF3N3S. The van der Waals surface area contributed by atoms with E-state index in [-0.39, 0.29) is 35.1 Å². The molecule has 1 atom stereocenters. The number of hydrogen-bond donors (Lipinski definition) is 1. The quantitative estimate of drug-likeness (QED) is 0.791. The summed E-state index contributed by atoms with van der Waals surface area (Å²) in [7, 11) is 0. The smallest absolute Gasteiger partial charge is 0.314 e. The maximum absolute atomic E-state index is 12.4. The van der Waals surface area contributed by atoms with Crippen molar-refractivity contribution in [1.82, 2.24) is 15.2 Å². The van der Waals surface area contributed by atoms with Crippen LogP contribution < -0.4 is 5.32 Å². The highest BCUT2D eigenvalue weighted by atomic mass is 35.5. The Bertz CT molecular complexity index is 652. The highest BCUT2D eigenvalue weighted by Crippen LogP contribution is 2.36. The molecule has 1 fully saturated rings. The molecule has 0 amide bonds. The Morgan fingerprint density at radius 1 is 1.12 bits per heavy atom. The van der Waals surface area contributed by atoms with Crippen molar-refractivity contribution in [2.45, 2.75) is 23.0 Å². The molecule has 1 N–H and O–H groups in total. The molecule has 8 heteroatoms. The number of piperazine rings is 1. The molecule has 136 valence electrons. The van der Waals surface area contributed by atoms with Gasteiger partial charge >= 0.3 is 5.51 Å². The summed E-state index contributed by atoms with van der Waals surface area (Å²) in [6, 6.07) is 10.9. The van der Waals surface area contributed by atoms with Gasteiger partial charge in [0, 0.05) is 49.5 Å². The summed E-state index contributed by atoms with van der Waals surface area (Å²) in [5.74, 6) is 0. The van der Waals surface area contributed by atoms with Gasteiger partial charge in [0.15, 0.2) is 0 Å². The van der Waals surface area contributed by atoms with Crippen LogP contribution in [-0.2, 0) is 6.54 Å². The van der Waals surface area contributed by atoms with Gasteiger partial charge in [0.05, 0.1) is 0 Å². The normalized spacial score (nSPS) is 18.6. The number of rotatable bonds is 4. The predicted molar refractivity (Wildman–Crippen MR) is 95.9 cm³/mol. The lowest BCUT2D eigenvalue weighted by Gasteiger charge is -2.36. The third-order valence-corrected chi connectivity index (χ3v) is 4.73. The lowest BCUT2D eigenvalue weighted by Crippen LogP contribution is -2.45. The Balaban J connectivity index is 0.00000225. The topological polar surface area (TPSA) is 28.2 Å². The van der Waals surface area contributed by atoms with Crippen LogP contribution in [0.4, 0.5) is 13.2 Å². The molecular weight excluding hydrogens is 371 g/mol. The van der Waals surface area contributed by atoms with Gasteiger partial charge in [-0.25, -0.2) is 0 Å². The first-order chi connectivity index (χ1) is 11.5. The molecule has 1 aliphatic rings. The Hall–Kier alpha value is -1.28. The van der Waals surface area contributed by atoms with Crippen LogP contribution >= 0.6 is 24.2 Å². The number of nitrogens with zero attached hydrogens (tertiary/aromatic N) is 2. The largest absolute Gasteiger partial charge is 0.446 e. The van der Waals surface area contributed by atoms with Gasteiger partial charge in [0.2, 0.25) is 0 Å². The second kappa shape index (κ2) is 8.89. The Morgan fingerprint density at radius 3 is 2.44 bits per heavy atom. The molecule has 3 nitrogen and oxygen atoms in total. The van der Waals surface area contributed by atoms with Crippen LogP contribution in [0.3, 0.4) is 0 Å². The van der Waals surface area contributed by atoms with Crippen molar-refractivity contribution in [3.63, 3.8) is 0 Å². The lowest BCUT2D eigenvalue weighted by molar-refractivity contribution is -0.0328. The van der Waals surface area contributed by atoms with Gasteiger partial charge in [-0.05, 0) is 47.2 Å². The third kappa shape index (κ3) is 5.88. The van der Waals surface area contributed by atoms with Crippen LogP contribution in [0.5, 0.6) is 0 Å². The fourth-order valence-corrected chi connectivity index (χ4v) is 3.42. The van der Waals surface area contributed by atoms with Crippen LogP contribution in [-0.4, -0.2) is 35.0 Å². The Labute approximate surface area is 155 Å². The SMILES string of the molecule is Cl.FC(F)(F)Sc1ccc(CN2CCNCC2c2ccncc2)cc1. The van der Waals surface area contributed by atoms with E-state index in [1.807, 2.05) is 12.1 Å². The van der Waals surface area contributed by atoms with Crippen molar-refractivity contribution in [1.29, 1.82) is 0 Å². The highest BCUT2D eigenvalue weighted by molar-refractivity contribution is 8.00. The molecule has 0 spiro atoms. The van der Waals surface area contributed by atoms with E-state index in [0.717, 1.165) is 25.2 Å². The van der Waals surface area contributed by atoms with E-state index in [1.165, 1.54) is 17.7 Å². The van der Waals surface area contributed by atoms with E-state index in [0.29, 0.717) is 6.54 Å². The van der Waals surface area contributed by atoms with Gasteiger partial charge in [0.25, 0.3) is 0 Å². The van der Waals surface area contributed by atoms with Crippen LogP contribution in [0.2, 0.25) is 0 Å². The van der Waals surface area contributed by atoms with Crippen molar-refractivity contribution in [3.05, 3.63) is 59.9 Å². The number of halogens is 4. The van der Waals surface area contributed by atoms with Crippen molar-refractivity contribution < 1.29 is 13.2 Å². The van der Waals surface area contributed by atoms with Crippen LogP contribution in [0.25, 0.3) is 0 Å². The summed E-state index contributed by atoms with van der Waals surface area (Å²) in [5, 5.41) is 3.39. The van der Waals surface area contributed by atoms with Gasteiger partial charge < -0.3 is 5.32 Å². The van der Waals surface area contributed by atoms with Crippen LogP contribution in [0, 0.1) is 0 Å². The molecule has 1 saturated heterocycles. The summed E-state index contributed by atoms with van der Waals surface area (Å²) < 4.78 is 37.2. The minimum absolute atomic E-state index is 0. The zero-order valence-electron chi connectivity index (χ0n) is 13.4. The lowest BCUT2D eigenvalue weighted by atomic mass is 10.0. The van der Waals surface area contributed by atoms with E-state index in [4.69, 9.17) is 0 Å². The first-order valence-electron chi connectivity index (χ1n) is 7.71. The highest BCUT2D eigenvalue weighted by Gasteiger charge is 2.29. The number of hydrogen-bond acceptors (Lipinski definition) is 4. The van der Waals surface area contributed by atoms with Gasteiger partial charge in [-0.15, -0.1) is 12.4 Å². The zero-order valence-corrected chi connectivity index (χ0v) is 15.0. The molecule has 0 saturated carbocycles. The number of pyridine rings is 1. The summed E-state index contributed by atoms with van der Waals surface area (Å²) in [4.78, 5) is 6.62. The summed E-state index contributed by atoms with van der Waals surface area (Å²) in [5.41, 5.74) is -2.03. The molecule has 2 heterocycles. The first-order valence-corrected chi connectivity index (χ1v) is 8.52. The molecule has 1 unspecified atom stereocenters. The third-order valence-electron chi connectivity index (χ3n) is 3.99. The second-order valence-corrected chi connectivity index (χ2v) is 6.80. The van der Waals surface area contributed by atoms with Crippen molar-refractivity contribution in [2.24, 2.45) is 0 Å². The van der Waals surface area contributed by atoms with E-state index >= 15 is 0 Å². The van der Waals surface area contributed by atoms with E-state index in [2.05, 4.69) is 15.2 Å². The number of alkyl halides is 3. The Kier molecular flexibility index (Phi) is 7.13. The fourth-order valence-electron chi connectivity index (χ4n) is 2.88. The van der Waals surface area contributed by atoms with Gasteiger partial charge in [-0.3, -0.25) is 9.88 Å². The van der Waals surface area contributed by atoms with Crippen molar-refractivity contribution in [2.75, 3.05) is 19.6 Å². The molecule has 25 heavy (non-hydrogen) atoms. The average molecular weight is 390 g/mol. The van der Waals surface area contributed by atoms with E-state index in [9.17, 15) is 13.2 Å². The fraction of sp³-hybridized carbons (Fsp3) is 0.353. The second-order valence-electron chi connectivity index (χ2n) is 5.66. The number of aromatic nitrogens is 1. The minimum Gasteiger partial charge on any atom is -0.314 e. The summed E-state index contributed by atoms with van der Waals surface area (Å²) in [6.45, 7) is 3.37. The molecule has 1 aromatic carbocycles. The van der Waals surface area contributed by atoms with Gasteiger partial charge in [-0.1, -0.05) is 12.1 Å².